The predicted octanol–water partition coefficient (Wildman–Crippen LogP) is 3.12. The lowest BCUT2D eigenvalue weighted by Crippen LogP contribution is -2.26. The maximum absolute atomic E-state index is 13.2. The molecule has 122 valence electrons. The smallest absolute Gasteiger partial charge is 0.258 e. The molecule has 23 heavy (non-hydrogen) atoms. The fourth-order valence-electron chi connectivity index (χ4n) is 2.35. The first-order valence-electron chi connectivity index (χ1n) is 7.31. The molecule has 0 aliphatic carbocycles. The highest BCUT2D eigenvalue weighted by atomic mass is 19.1. The van der Waals surface area contributed by atoms with E-state index in [4.69, 9.17) is 9.47 Å². The normalized spacial score (nSPS) is 10.3. The van der Waals surface area contributed by atoms with Gasteiger partial charge in [-0.1, -0.05) is 18.2 Å². The van der Waals surface area contributed by atoms with E-state index in [1.807, 2.05) is 0 Å². The molecule has 0 aliphatic heterocycles. The summed E-state index contributed by atoms with van der Waals surface area (Å²) in [5.74, 6) is 0.425. The summed E-state index contributed by atoms with van der Waals surface area (Å²) in [5.41, 5.74) is 1.93. The van der Waals surface area contributed by atoms with Crippen molar-refractivity contribution in [2.45, 2.75) is 13.3 Å². The summed E-state index contributed by atoms with van der Waals surface area (Å²) in [6.45, 7) is 2.15. The number of rotatable bonds is 6. The second-order valence-electron chi connectivity index (χ2n) is 5.13. The third-order valence-corrected chi connectivity index (χ3v) is 3.58. The van der Waals surface area contributed by atoms with E-state index in [0.29, 0.717) is 35.6 Å². The van der Waals surface area contributed by atoms with Gasteiger partial charge in [-0.05, 0) is 42.7 Å². The van der Waals surface area contributed by atoms with Gasteiger partial charge in [0.15, 0.2) is 0 Å². The minimum absolute atomic E-state index is 0.225. The standard InChI is InChI=1S/C18H20FNO3/c1-12-11-13(7-8-14(12)19)9-10-20-18(21)17-15(22-2)5-4-6-16(17)23-3/h4-8,11H,9-10H2,1-3H3,(H,20,21). The van der Waals surface area contributed by atoms with Gasteiger partial charge in [-0.3, -0.25) is 4.79 Å². The molecular formula is C18H20FNO3. The van der Waals surface area contributed by atoms with Crippen LogP contribution in [0.25, 0.3) is 0 Å². The number of hydrogen-bond donors (Lipinski definition) is 1. The summed E-state index contributed by atoms with van der Waals surface area (Å²) in [6.07, 6.45) is 0.615. The van der Waals surface area contributed by atoms with Crippen LogP contribution in [-0.4, -0.2) is 26.7 Å². The van der Waals surface area contributed by atoms with Crippen LogP contribution >= 0.6 is 0 Å². The average Bonchev–Trinajstić information content (AvgIpc) is 2.57. The zero-order valence-electron chi connectivity index (χ0n) is 13.5. The van der Waals surface area contributed by atoms with Gasteiger partial charge >= 0.3 is 0 Å². The van der Waals surface area contributed by atoms with E-state index < -0.39 is 0 Å². The maximum Gasteiger partial charge on any atom is 0.258 e. The van der Waals surface area contributed by atoms with Crippen LogP contribution in [0.15, 0.2) is 36.4 Å². The number of carbonyl (C=O) groups is 1. The summed E-state index contributed by atoms with van der Waals surface area (Å²) in [7, 11) is 3.01. The quantitative estimate of drug-likeness (QED) is 0.890. The Morgan fingerprint density at radius 2 is 1.78 bits per heavy atom. The molecule has 0 saturated heterocycles. The molecule has 0 aromatic heterocycles. The number of benzene rings is 2. The minimum atomic E-state index is -0.266. The van der Waals surface area contributed by atoms with Crippen LogP contribution in [-0.2, 0) is 6.42 Å². The van der Waals surface area contributed by atoms with Gasteiger partial charge in [0.05, 0.1) is 14.2 Å². The Kier molecular flexibility index (Phi) is 5.57. The number of methoxy groups -OCH3 is 2. The van der Waals surface area contributed by atoms with Crippen molar-refractivity contribution in [2.75, 3.05) is 20.8 Å². The second-order valence-corrected chi connectivity index (χ2v) is 5.13. The van der Waals surface area contributed by atoms with Crippen molar-refractivity contribution in [3.05, 3.63) is 58.9 Å². The summed E-state index contributed by atoms with van der Waals surface area (Å²) in [5, 5.41) is 2.84. The van der Waals surface area contributed by atoms with E-state index in [0.717, 1.165) is 5.56 Å². The fraction of sp³-hybridized carbons (Fsp3) is 0.278. The topological polar surface area (TPSA) is 47.6 Å². The molecule has 0 fully saturated rings. The zero-order valence-corrected chi connectivity index (χ0v) is 13.5. The Hall–Kier alpha value is -2.56. The first-order chi connectivity index (χ1) is 11.1. The number of halogens is 1. The lowest BCUT2D eigenvalue weighted by molar-refractivity contribution is 0.0948. The number of aryl methyl sites for hydroxylation is 1. The molecule has 4 nitrogen and oxygen atoms in total. The number of carbonyl (C=O) groups excluding carboxylic acids is 1. The van der Waals surface area contributed by atoms with Crippen LogP contribution in [0.4, 0.5) is 4.39 Å². The predicted molar refractivity (Wildman–Crippen MR) is 86.7 cm³/mol. The molecule has 0 bridgehead atoms. The molecule has 0 radical (unpaired) electrons. The van der Waals surface area contributed by atoms with Crippen LogP contribution in [0.5, 0.6) is 11.5 Å². The fourth-order valence-corrected chi connectivity index (χ4v) is 2.35. The molecule has 0 atom stereocenters. The van der Waals surface area contributed by atoms with E-state index >= 15 is 0 Å². The summed E-state index contributed by atoms with van der Waals surface area (Å²) < 4.78 is 23.7. The van der Waals surface area contributed by atoms with E-state index in [1.165, 1.54) is 20.3 Å². The van der Waals surface area contributed by atoms with Crippen molar-refractivity contribution in [3.8, 4) is 11.5 Å². The van der Waals surface area contributed by atoms with Crippen LogP contribution in [0, 0.1) is 12.7 Å². The molecule has 0 aliphatic rings. The van der Waals surface area contributed by atoms with E-state index in [-0.39, 0.29) is 11.7 Å². The SMILES string of the molecule is COc1cccc(OC)c1C(=O)NCCc1ccc(F)c(C)c1. The van der Waals surface area contributed by atoms with Gasteiger partial charge < -0.3 is 14.8 Å². The highest BCUT2D eigenvalue weighted by Crippen LogP contribution is 2.27. The van der Waals surface area contributed by atoms with Gasteiger partial charge in [0.25, 0.3) is 5.91 Å². The van der Waals surface area contributed by atoms with Crippen LogP contribution in [0.2, 0.25) is 0 Å². The second kappa shape index (κ2) is 7.63. The summed E-state index contributed by atoms with van der Waals surface area (Å²) >= 11 is 0. The first kappa shape index (κ1) is 16.8. The van der Waals surface area contributed by atoms with Crippen LogP contribution in [0.1, 0.15) is 21.5 Å². The molecule has 1 amide bonds. The van der Waals surface area contributed by atoms with Crippen LogP contribution in [0.3, 0.4) is 0 Å². The van der Waals surface area contributed by atoms with Crippen molar-refractivity contribution >= 4 is 5.91 Å². The minimum Gasteiger partial charge on any atom is -0.496 e. The molecular weight excluding hydrogens is 297 g/mol. The third kappa shape index (κ3) is 4.00. The molecule has 0 heterocycles. The van der Waals surface area contributed by atoms with Crippen molar-refractivity contribution < 1.29 is 18.7 Å². The van der Waals surface area contributed by atoms with Gasteiger partial charge in [0.2, 0.25) is 0 Å². The van der Waals surface area contributed by atoms with E-state index in [2.05, 4.69) is 5.32 Å². The first-order valence-corrected chi connectivity index (χ1v) is 7.31. The lowest BCUT2D eigenvalue weighted by Gasteiger charge is -2.13. The van der Waals surface area contributed by atoms with Gasteiger partial charge in [-0.2, -0.15) is 0 Å². The molecule has 1 N–H and O–H groups in total. The Balaban J connectivity index is 2.04. The molecule has 2 aromatic carbocycles. The van der Waals surface area contributed by atoms with E-state index in [9.17, 15) is 9.18 Å². The van der Waals surface area contributed by atoms with Crippen molar-refractivity contribution in [3.63, 3.8) is 0 Å². The molecule has 0 spiro atoms. The number of ether oxygens (including phenoxy) is 2. The van der Waals surface area contributed by atoms with Gasteiger partial charge in [0, 0.05) is 6.54 Å². The van der Waals surface area contributed by atoms with Gasteiger partial charge in [-0.25, -0.2) is 4.39 Å². The highest BCUT2D eigenvalue weighted by Gasteiger charge is 2.17. The molecule has 5 heteroatoms. The van der Waals surface area contributed by atoms with Crippen molar-refractivity contribution in [1.82, 2.24) is 5.32 Å². The number of nitrogens with one attached hydrogen (secondary N) is 1. The summed E-state index contributed by atoms with van der Waals surface area (Å²) in [6, 6.07) is 10.1. The van der Waals surface area contributed by atoms with E-state index in [1.54, 1.807) is 37.3 Å². The largest absolute Gasteiger partial charge is 0.496 e. The lowest BCUT2D eigenvalue weighted by atomic mass is 10.1. The Morgan fingerprint density at radius 3 is 2.35 bits per heavy atom. The maximum atomic E-state index is 13.2. The molecule has 2 aromatic rings. The molecule has 2 rings (SSSR count). The average molecular weight is 317 g/mol. The zero-order chi connectivity index (χ0) is 16.8. The van der Waals surface area contributed by atoms with Crippen LogP contribution < -0.4 is 14.8 Å². The molecule has 0 saturated carbocycles. The van der Waals surface area contributed by atoms with Gasteiger partial charge in [0.1, 0.15) is 22.9 Å². The summed E-state index contributed by atoms with van der Waals surface area (Å²) in [4.78, 5) is 12.4. The molecule has 0 unspecified atom stereocenters. The van der Waals surface area contributed by atoms with Crippen molar-refractivity contribution in [2.24, 2.45) is 0 Å². The Morgan fingerprint density at radius 1 is 1.13 bits per heavy atom. The highest BCUT2D eigenvalue weighted by molar-refractivity contribution is 5.99. The van der Waals surface area contributed by atoms with Crippen molar-refractivity contribution in [1.29, 1.82) is 0 Å². The van der Waals surface area contributed by atoms with Gasteiger partial charge in [-0.15, -0.1) is 0 Å². The monoisotopic (exact) mass is 317 g/mol. The number of hydrogen-bond acceptors (Lipinski definition) is 3. The third-order valence-electron chi connectivity index (χ3n) is 3.58. The Labute approximate surface area is 135 Å². The number of amides is 1. The Bertz CT molecular complexity index is 678.